The van der Waals surface area contributed by atoms with Gasteiger partial charge in [0, 0.05) is 15.7 Å². The van der Waals surface area contributed by atoms with Gasteiger partial charge in [0.2, 0.25) is 10.0 Å². The lowest BCUT2D eigenvalue weighted by atomic mass is 10.2. The van der Waals surface area contributed by atoms with Gasteiger partial charge in [0.1, 0.15) is 5.82 Å². The standard InChI is InChI=1S/C20H17ClFNO2S2/c21-17-9-5-15(6-10-17)13-26-20-4-2-1-3-19(20)23-27(24,25)14-16-7-11-18(22)12-8-16/h1-12,23H,13-14H2. The van der Waals surface area contributed by atoms with Crippen molar-refractivity contribution in [1.82, 2.24) is 0 Å². The molecule has 0 aliphatic carbocycles. The first kappa shape index (κ1) is 19.7. The molecule has 3 nitrogen and oxygen atoms in total. The predicted octanol–water partition coefficient (Wildman–Crippen LogP) is 5.71. The van der Waals surface area contributed by atoms with Crippen molar-refractivity contribution in [1.29, 1.82) is 0 Å². The van der Waals surface area contributed by atoms with Crippen LogP contribution in [0.3, 0.4) is 0 Å². The van der Waals surface area contributed by atoms with E-state index >= 15 is 0 Å². The van der Waals surface area contributed by atoms with Crippen LogP contribution in [0.4, 0.5) is 10.1 Å². The molecule has 0 radical (unpaired) electrons. The summed E-state index contributed by atoms with van der Waals surface area (Å²) >= 11 is 7.43. The Bertz CT molecular complexity index is 1010. The van der Waals surface area contributed by atoms with E-state index in [1.54, 1.807) is 12.1 Å². The van der Waals surface area contributed by atoms with Crippen molar-refractivity contribution in [2.75, 3.05) is 4.72 Å². The van der Waals surface area contributed by atoms with Crippen LogP contribution in [0, 0.1) is 5.82 Å². The maximum Gasteiger partial charge on any atom is 0.236 e. The third kappa shape index (κ3) is 5.99. The van der Waals surface area contributed by atoms with Crippen LogP contribution in [0.1, 0.15) is 11.1 Å². The van der Waals surface area contributed by atoms with E-state index in [-0.39, 0.29) is 5.75 Å². The molecule has 27 heavy (non-hydrogen) atoms. The molecule has 3 aromatic carbocycles. The summed E-state index contributed by atoms with van der Waals surface area (Å²) in [5.41, 5.74) is 2.14. The molecule has 0 aliphatic heterocycles. The summed E-state index contributed by atoms with van der Waals surface area (Å²) in [7, 11) is -3.61. The van der Waals surface area contributed by atoms with Gasteiger partial charge >= 0.3 is 0 Å². The molecule has 0 bridgehead atoms. The van der Waals surface area contributed by atoms with Crippen LogP contribution < -0.4 is 4.72 Å². The number of hydrogen-bond donors (Lipinski definition) is 1. The Kier molecular flexibility index (Phi) is 6.42. The van der Waals surface area contributed by atoms with E-state index in [0.29, 0.717) is 22.0 Å². The molecule has 0 fully saturated rings. The molecular weight excluding hydrogens is 405 g/mol. The highest BCUT2D eigenvalue weighted by Gasteiger charge is 2.14. The van der Waals surface area contributed by atoms with Gasteiger partial charge in [-0.05, 0) is 47.5 Å². The van der Waals surface area contributed by atoms with Gasteiger partial charge < -0.3 is 0 Å². The van der Waals surface area contributed by atoms with E-state index in [1.807, 2.05) is 36.4 Å². The summed E-state index contributed by atoms with van der Waals surface area (Å²) in [5.74, 6) is 0.0743. The number of sulfonamides is 1. The maximum absolute atomic E-state index is 13.0. The summed E-state index contributed by atoms with van der Waals surface area (Å²) in [6.07, 6.45) is 0. The molecule has 140 valence electrons. The number of rotatable bonds is 7. The third-order valence-corrected chi connectivity index (χ3v) is 6.37. The van der Waals surface area contributed by atoms with Gasteiger partial charge in [0.25, 0.3) is 0 Å². The average molecular weight is 422 g/mol. The SMILES string of the molecule is O=S(=O)(Cc1ccc(F)cc1)Nc1ccccc1SCc1ccc(Cl)cc1. The van der Waals surface area contributed by atoms with E-state index in [2.05, 4.69) is 4.72 Å². The highest BCUT2D eigenvalue weighted by Crippen LogP contribution is 2.31. The van der Waals surface area contributed by atoms with Crippen LogP contribution in [0.25, 0.3) is 0 Å². The zero-order valence-corrected chi connectivity index (χ0v) is 16.6. The van der Waals surface area contributed by atoms with E-state index < -0.39 is 15.8 Å². The number of benzene rings is 3. The molecule has 0 heterocycles. The Hall–Kier alpha value is -2.02. The van der Waals surface area contributed by atoms with Gasteiger partial charge in [-0.1, -0.05) is 48.0 Å². The molecule has 0 atom stereocenters. The molecule has 3 rings (SSSR count). The van der Waals surface area contributed by atoms with E-state index in [9.17, 15) is 12.8 Å². The summed E-state index contributed by atoms with van der Waals surface area (Å²) in [6.45, 7) is 0. The first-order valence-electron chi connectivity index (χ1n) is 8.12. The van der Waals surface area contributed by atoms with Crippen molar-refractivity contribution in [3.8, 4) is 0 Å². The van der Waals surface area contributed by atoms with Crippen LogP contribution in [-0.4, -0.2) is 8.42 Å². The van der Waals surface area contributed by atoms with Gasteiger partial charge in [0.05, 0.1) is 11.4 Å². The van der Waals surface area contributed by atoms with Crippen molar-refractivity contribution < 1.29 is 12.8 Å². The highest BCUT2D eigenvalue weighted by atomic mass is 35.5. The van der Waals surface area contributed by atoms with Crippen LogP contribution in [0.15, 0.2) is 77.7 Å². The number of halogens is 2. The molecule has 0 amide bonds. The first-order chi connectivity index (χ1) is 12.9. The molecule has 0 spiro atoms. The van der Waals surface area contributed by atoms with Crippen LogP contribution in [-0.2, 0) is 21.5 Å². The normalized spacial score (nSPS) is 11.3. The second-order valence-corrected chi connectivity index (χ2v) is 9.07. The molecule has 7 heteroatoms. The fourth-order valence-electron chi connectivity index (χ4n) is 2.42. The Labute approximate surface area is 167 Å². The molecule has 1 N–H and O–H groups in total. The predicted molar refractivity (Wildman–Crippen MR) is 110 cm³/mol. The molecule has 0 unspecified atom stereocenters. The van der Waals surface area contributed by atoms with E-state index in [1.165, 1.54) is 36.0 Å². The monoisotopic (exact) mass is 421 g/mol. The number of para-hydroxylation sites is 1. The fraction of sp³-hybridized carbons (Fsp3) is 0.100. The zero-order valence-electron chi connectivity index (χ0n) is 14.2. The van der Waals surface area contributed by atoms with Crippen molar-refractivity contribution in [3.63, 3.8) is 0 Å². The third-order valence-electron chi connectivity index (χ3n) is 3.73. The molecular formula is C20H17ClFNO2S2. The molecule has 3 aromatic rings. The van der Waals surface area contributed by atoms with Crippen LogP contribution in [0.5, 0.6) is 0 Å². The smallest absolute Gasteiger partial charge is 0.236 e. The Balaban J connectivity index is 1.70. The van der Waals surface area contributed by atoms with E-state index in [0.717, 1.165) is 10.5 Å². The quantitative estimate of drug-likeness (QED) is 0.497. The van der Waals surface area contributed by atoms with Crippen LogP contribution >= 0.6 is 23.4 Å². The lowest BCUT2D eigenvalue weighted by Gasteiger charge is -2.12. The topological polar surface area (TPSA) is 46.2 Å². The minimum atomic E-state index is -3.61. The fourth-order valence-corrected chi connectivity index (χ4v) is 4.79. The van der Waals surface area contributed by atoms with Crippen molar-refractivity contribution in [3.05, 3.63) is 94.8 Å². The lowest BCUT2D eigenvalue weighted by Crippen LogP contribution is -2.15. The number of anilines is 1. The molecule has 0 aliphatic rings. The van der Waals surface area contributed by atoms with Gasteiger partial charge in [-0.15, -0.1) is 11.8 Å². The van der Waals surface area contributed by atoms with Crippen molar-refractivity contribution in [2.24, 2.45) is 0 Å². The van der Waals surface area contributed by atoms with Gasteiger partial charge in [-0.25, -0.2) is 12.8 Å². The summed E-state index contributed by atoms with van der Waals surface area (Å²) in [5, 5.41) is 0.678. The Morgan fingerprint density at radius 2 is 1.52 bits per heavy atom. The number of nitrogens with one attached hydrogen (secondary N) is 1. The zero-order chi connectivity index (χ0) is 19.3. The first-order valence-corrected chi connectivity index (χ1v) is 11.1. The Morgan fingerprint density at radius 3 is 2.22 bits per heavy atom. The average Bonchev–Trinajstić information content (AvgIpc) is 2.64. The second kappa shape index (κ2) is 8.78. The van der Waals surface area contributed by atoms with Gasteiger partial charge in [-0.3, -0.25) is 4.72 Å². The van der Waals surface area contributed by atoms with Crippen molar-refractivity contribution in [2.45, 2.75) is 16.4 Å². The van der Waals surface area contributed by atoms with Crippen molar-refractivity contribution >= 4 is 39.1 Å². The summed E-state index contributed by atoms with van der Waals surface area (Å²) in [6, 6.07) is 20.2. The van der Waals surface area contributed by atoms with Gasteiger partial charge in [0.15, 0.2) is 0 Å². The van der Waals surface area contributed by atoms with E-state index in [4.69, 9.17) is 11.6 Å². The Morgan fingerprint density at radius 1 is 0.889 bits per heavy atom. The lowest BCUT2D eigenvalue weighted by molar-refractivity contribution is 0.599. The molecule has 0 saturated carbocycles. The highest BCUT2D eigenvalue weighted by molar-refractivity contribution is 7.98. The minimum Gasteiger partial charge on any atom is -0.282 e. The molecule has 0 saturated heterocycles. The number of hydrogen-bond acceptors (Lipinski definition) is 3. The summed E-state index contributed by atoms with van der Waals surface area (Å²) in [4.78, 5) is 0.829. The maximum atomic E-state index is 13.0. The molecule has 0 aromatic heterocycles. The second-order valence-electron chi connectivity index (χ2n) is 5.90. The summed E-state index contributed by atoms with van der Waals surface area (Å²) < 4.78 is 40.6. The largest absolute Gasteiger partial charge is 0.282 e. The van der Waals surface area contributed by atoms with Crippen LogP contribution in [0.2, 0.25) is 5.02 Å². The minimum absolute atomic E-state index is 0.219. The van der Waals surface area contributed by atoms with Gasteiger partial charge in [-0.2, -0.15) is 0 Å². The number of thioether (sulfide) groups is 1.